The van der Waals surface area contributed by atoms with Crippen molar-refractivity contribution < 1.29 is 23.6 Å². The minimum Gasteiger partial charge on any atom is -0.462 e. The van der Waals surface area contributed by atoms with Crippen molar-refractivity contribution in [1.82, 2.24) is 14.5 Å². The Balaban J connectivity index is 2.15. The van der Waals surface area contributed by atoms with Crippen molar-refractivity contribution in [3.05, 3.63) is 38.3 Å². The highest BCUT2D eigenvalue weighted by Crippen LogP contribution is 2.29. The van der Waals surface area contributed by atoms with Gasteiger partial charge in [-0.15, -0.1) is 0 Å². The summed E-state index contributed by atoms with van der Waals surface area (Å²) in [6.45, 7) is 2.08. The van der Waals surface area contributed by atoms with Crippen LogP contribution in [0.2, 0.25) is 0 Å². The topological polar surface area (TPSA) is 151 Å². The second-order valence-corrected chi connectivity index (χ2v) is 6.88. The molecule has 0 aliphatic carbocycles. The SMILES string of the molecule is CCOC(=O)c1cc2c(N)c([N+](=O)[O-])cnc2n(CC(=O)N2CC(C)(F)C2)c1=O. The maximum Gasteiger partial charge on any atom is 0.343 e. The largest absolute Gasteiger partial charge is 0.462 e. The van der Waals surface area contributed by atoms with Gasteiger partial charge in [0.1, 0.15) is 35.3 Å². The molecule has 0 unspecified atom stereocenters. The highest BCUT2D eigenvalue weighted by molar-refractivity contribution is 5.99. The van der Waals surface area contributed by atoms with Crippen LogP contribution in [-0.4, -0.2) is 56.6 Å². The fourth-order valence-electron chi connectivity index (χ4n) is 3.13. The van der Waals surface area contributed by atoms with Crippen molar-refractivity contribution in [2.75, 3.05) is 25.4 Å². The Hall–Kier alpha value is -3.57. The predicted molar refractivity (Wildman–Crippen MR) is 99.1 cm³/mol. The predicted octanol–water partition coefficient (Wildman–Crippen LogP) is 0.634. The highest BCUT2D eigenvalue weighted by atomic mass is 19.1. The number of carbonyl (C=O) groups excluding carboxylic acids is 2. The zero-order valence-corrected chi connectivity index (χ0v) is 15.7. The second kappa shape index (κ2) is 7.11. The number of amides is 1. The summed E-state index contributed by atoms with van der Waals surface area (Å²) in [5.41, 5.74) is 2.10. The van der Waals surface area contributed by atoms with Crippen LogP contribution in [-0.2, 0) is 16.1 Å². The summed E-state index contributed by atoms with van der Waals surface area (Å²) < 4.78 is 19.4. The molecule has 1 amide bonds. The van der Waals surface area contributed by atoms with E-state index in [-0.39, 0.29) is 36.4 Å². The van der Waals surface area contributed by atoms with E-state index in [9.17, 15) is 28.9 Å². The number of hydrogen-bond donors (Lipinski definition) is 1. The molecule has 1 fully saturated rings. The second-order valence-electron chi connectivity index (χ2n) is 6.88. The number of likely N-dealkylation sites (tertiary alicyclic amines) is 1. The Morgan fingerprint density at radius 2 is 2.10 bits per heavy atom. The number of nitrogen functional groups attached to an aromatic ring is 1. The molecule has 3 rings (SSSR count). The summed E-state index contributed by atoms with van der Waals surface area (Å²) in [5.74, 6) is -1.53. The standard InChI is InChI=1S/C17H18FN5O6/c1-3-29-16(26)10-4-9-13(19)11(23(27)28)5-20-14(9)22(15(10)25)6-12(24)21-7-17(2,18)8-21/h4-5H,3,6-8H2,1-2H3,(H2,19,20). The van der Waals surface area contributed by atoms with Crippen molar-refractivity contribution in [3.63, 3.8) is 0 Å². The summed E-state index contributed by atoms with van der Waals surface area (Å²) in [7, 11) is 0. The lowest BCUT2D eigenvalue weighted by molar-refractivity contribution is -0.384. The number of nitrogens with zero attached hydrogens (tertiary/aromatic N) is 4. The number of carbonyl (C=O) groups is 2. The molecule has 154 valence electrons. The zero-order chi connectivity index (χ0) is 21.5. The first-order valence-electron chi connectivity index (χ1n) is 8.66. The normalized spacial score (nSPS) is 15.1. The number of fused-ring (bicyclic) bond motifs is 1. The molecule has 0 bridgehead atoms. The molecule has 2 N–H and O–H groups in total. The van der Waals surface area contributed by atoms with Crippen LogP contribution in [0.15, 0.2) is 17.1 Å². The summed E-state index contributed by atoms with van der Waals surface area (Å²) in [4.78, 5) is 53.0. The monoisotopic (exact) mass is 407 g/mol. The Morgan fingerprint density at radius 3 is 2.66 bits per heavy atom. The van der Waals surface area contributed by atoms with Gasteiger partial charge >= 0.3 is 11.7 Å². The van der Waals surface area contributed by atoms with Crippen molar-refractivity contribution in [2.45, 2.75) is 26.1 Å². The number of ether oxygens (including phenoxy) is 1. The van der Waals surface area contributed by atoms with E-state index in [1.165, 1.54) is 11.8 Å². The number of nitrogens with two attached hydrogens (primary N) is 1. The number of rotatable bonds is 5. The Labute approximate surface area is 163 Å². The van der Waals surface area contributed by atoms with Crippen LogP contribution in [0.1, 0.15) is 24.2 Å². The molecule has 1 saturated heterocycles. The van der Waals surface area contributed by atoms with Crippen LogP contribution < -0.4 is 11.3 Å². The molecule has 0 spiro atoms. The smallest absolute Gasteiger partial charge is 0.343 e. The van der Waals surface area contributed by atoms with Crippen molar-refractivity contribution >= 4 is 34.3 Å². The molecule has 1 aliphatic rings. The lowest BCUT2D eigenvalue weighted by Gasteiger charge is -2.42. The highest BCUT2D eigenvalue weighted by Gasteiger charge is 2.41. The number of aromatic nitrogens is 2. The number of esters is 1. The van der Waals surface area contributed by atoms with E-state index in [1.54, 1.807) is 6.92 Å². The van der Waals surface area contributed by atoms with Crippen LogP contribution in [0.25, 0.3) is 11.0 Å². The molecule has 0 saturated carbocycles. The Kier molecular flexibility index (Phi) is 4.95. The van der Waals surface area contributed by atoms with E-state index in [0.717, 1.165) is 16.8 Å². The van der Waals surface area contributed by atoms with Gasteiger partial charge in [-0.25, -0.2) is 14.2 Å². The van der Waals surface area contributed by atoms with Crippen LogP contribution in [0.4, 0.5) is 15.8 Å². The van der Waals surface area contributed by atoms with Crippen LogP contribution in [0.5, 0.6) is 0 Å². The summed E-state index contributed by atoms with van der Waals surface area (Å²) >= 11 is 0. The third-order valence-electron chi connectivity index (χ3n) is 4.52. The molecular formula is C17H18FN5O6. The summed E-state index contributed by atoms with van der Waals surface area (Å²) in [6, 6.07) is 1.06. The van der Waals surface area contributed by atoms with E-state index in [2.05, 4.69) is 4.98 Å². The average Bonchev–Trinajstić information content (AvgIpc) is 2.61. The van der Waals surface area contributed by atoms with Gasteiger partial charge in [0.15, 0.2) is 0 Å². The molecule has 3 heterocycles. The molecular weight excluding hydrogens is 389 g/mol. The molecule has 0 aromatic carbocycles. The fourth-order valence-corrected chi connectivity index (χ4v) is 3.13. The molecule has 29 heavy (non-hydrogen) atoms. The third kappa shape index (κ3) is 3.60. The summed E-state index contributed by atoms with van der Waals surface area (Å²) in [5, 5.41) is 11.1. The van der Waals surface area contributed by atoms with Gasteiger partial charge < -0.3 is 15.4 Å². The van der Waals surface area contributed by atoms with Crippen LogP contribution in [0, 0.1) is 10.1 Å². The minimum absolute atomic E-state index is 0.0131. The first-order valence-corrected chi connectivity index (χ1v) is 8.66. The fraction of sp³-hybridized carbons (Fsp3) is 0.412. The first-order chi connectivity index (χ1) is 13.6. The molecule has 0 atom stereocenters. The number of halogens is 1. The Bertz CT molecular complexity index is 1090. The van der Waals surface area contributed by atoms with Gasteiger partial charge in [0, 0.05) is 5.39 Å². The lowest BCUT2D eigenvalue weighted by atomic mass is 9.99. The van der Waals surface area contributed by atoms with Crippen molar-refractivity contribution in [1.29, 1.82) is 0 Å². The molecule has 0 radical (unpaired) electrons. The number of anilines is 1. The van der Waals surface area contributed by atoms with Crippen LogP contribution >= 0.6 is 0 Å². The van der Waals surface area contributed by atoms with E-state index in [4.69, 9.17) is 10.5 Å². The average molecular weight is 407 g/mol. The van der Waals surface area contributed by atoms with E-state index < -0.39 is 45.8 Å². The van der Waals surface area contributed by atoms with E-state index in [1.807, 2.05) is 0 Å². The van der Waals surface area contributed by atoms with Gasteiger partial charge in [-0.2, -0.15) is 0 Å². The van der Waals surface area contributed by atoms with Gasteiger partial charge in [0.2, 0.25) is 5.91 Å². The van der Waals surface area contributed by atoms with Gasteiger partial charge in [-0.3, -0.25) is 24.3 Å². The molecule has 1 aliphatic heterocycles. The number of hydrogen-bond acceptors (Lipinski definition) is 8. The maximum absolute atomic E-state index is 13.7. The summed E-state index contributed by atoms with van der Waals surface area (Å²) in [6.07, 6.45) is 0.865. The maximum atomic E-state index is 13.7. The number of pyridine rings is 2. The molecule has 12 heteroatoms. The first kappa shape index (κ1) is 20.2. The van der Waals surface area contributed by atoms with Crippen molar-refractivity contribution in [2.24, 2.45) is 0 Å². The number of nitro groups is 1. The third-order valence-corrected chi connectivity index (χ3v) is 4.52. The van der Waals surface area contributed by atoms with E-state index >= 15 is 0 Å². The van der Waals surface area contributed by atoms with Gasteiger partial charge in [0.05, 0.1) is 24.6 Å². The molecule has 2 aromatic heterocycles. The van der Waals surface area contributed by atoms with Crippen LogP contribution in [0.3, 0.4) is 0 Å². The molecule has 11 nitrogen and oxygen atoms in total. The quantitative estimate of drug-likeness (QED) is 0.431. The van der Waals surface area contributed by atoms with Gasteiger partial charge in [-0.05, 0) is 19.9 Å². The Morgan fingerprint density at radius 1 is 1.45 bits per heavy atom. The van der Waals surface area contributed by atoms with Gasteiger partial charge in [-0.1, -0.05) is 0 Å². The van der Waals surface area contributed by atoms with E-state index in [0.29, 0.717) is 0 Å². The lowest BCUT2D eigenvalue weighted by Crippen LogP contribution is -2.60. The van der Waals surface area contributed by atoms with Crippen molar-refractivity contribution in [3.8, 4) is 0 Å². The van der Waals surface area contributed by atoms with Gasteiger partial charge in [0.25, 0.3) is 5.56 Å². The molecule has 2 aromatic rings. The minimum atomic E-state index is -1.50. The zero-order valence-electron chi connectivity index (χ0n) is 15.7. The number of alkyl halides is 1.